The number of amides is 1. The maximum absolute atomic E-state index is 13.1. The first-order valence-corrected chi connectivity index (χ1v) is 6.92. The molecular weight excluding hydrogens is 283 g/mol. The maximum atomic E-state index is 13.1. The smallest absolute Gasteiger partial charge is 0.237 e. The minimum Gasteiger partial charge on any atom is -0.489 e. The van der Waals surface area contributed by atoms with Crippen molar-refractivity contribution in [1.82, 2.24) is 0 Å². The highest BCUT2D eigenvalue weighted by molar-refractivity contribution is 5.84. The molecule has 0 bridgehead atoms. The quantitative estimate of drug-likeness (QED) is 0.858. The highest BCUT2D eigenvalue weighted by Crippen LogP contribution is 2.17. The van der Waals surface area contributed by atoms with Gasteiger partial charge in [-0.3, -0.25) is 4.79 Å². The molecule has 0 radical (unpaired) electrons. The molecule has 0 aliphatic rings. The van der Waals surface area contributed by atoms with E-state index in [0.717, 1.165) is 11.1 Å². The van der Waals surface area contributed by atoms with Gasteiger partial charge in [0.25, 0.3) is 0 Å². The molecular formula is C17H19FN2O2. The van der Waals surface area contributed by atoms with E-state index in [-0.39, 0.29) is 12.4 Å². The number of carbonyl (C=O) groups excluding carboxylic acids is 1. The Bertz CT molecular complexity index is 654. The predicted molar refractivity (Wildman–Crippen MR) is 82.7 cm³/mol. The van der Waals surface area contributed by atoms with Crippen molar-refractivity contribution in [2.45, 2.75) is 25.5 Å². The Morgan fingerprint density at radius 2 is 1.86 bits per heavy atom. The zero-order valence-electron chi connectivity index (χ0n) is 12.4. The van der Waals surface area contributed by atoms with Gasteiger partial charge in [-0.25, -0.2) is 4.39 Å². The second-order valence-electron chi connectivity index (χ2n) is 5.52. The summed E-state index contributed by atoms with van der Waals surface area (Å²) in [7, 11) is 0. The zero-order chi connectivity index (χ0) is 16.2. The zero-order valence-corrected chi connectivity index (χ0v) is 12.4. The van der Waals surface area contributed by atoms with Gasteiger partial charge in [0.15, 0.2) is 0 Å². The Hall–Kier alpha value is -2.40. The van der Waals surface area contributed by atoms with Crippen LogP contribution in [0.1, 0.15) is 18.1 Å². The van der Waals surface area contributed by atoms with Crippen LogP contribution in [0.25, 0.3) is 0 Å². The molecule has 0 fully saturated rings. The van der Waals surface area contributed by atoms with Crippen molar-refractivity contribution in [3.8, 4) is 5.75 Å². The number of ether oxygens (including phenoxy) is 1. The van der Waals surface area contributed by atoms with Crippen LogP contribution in [0, 0.1) is 5.82 Å². The highest BCUT2D eigenvalue weighted by Gasteiger charge is 2.25. The number of hydrogen-bond donors (Lipinski definition) is 2. The van der Waals surface area contributed by atoms with E-state index in [9.17, 15) is 9.18 Å². The molecule has 1 atom stereocenters. The first kappa shape index (κ1) is 16.0. The molecule has 0 aromatic heterocycles. The lowest BCUT2D eigenvalue weighted by Crippen LogP contribution is -2.51. The van der Waals surface area contributed by atoms with Crippen LogP contribution in [-0.4, -0.2) is 11.4 Å². The van der Waals surface area contributed by atoms with Gasteiger partial charge in [0.05, 0.1) is 5.54 Å². The maximum Gasteiger partial charge on any atom is 0.237 e. The van der Waals surface area contributed by atoms with E-state index in [1.54, 1.807) is 31.2 Å². The van der Waals surface area contributed by atoms with Crippen molar-refractivity contribution < 1.29 is 13.9 Å². The Morgan fingerprint density at radius 3 is 2.45 bits per heavy atom. The fourth-order valence-corrected chi connectivity index (χ4v) is 2.01. The van der Waals surface area contributed by atoms with Crippen LogP contribution >= 0.6 is 0 Å². The molecule has 1 unspecified atom stereocenters. The SMILES string of the molecule is CC(N)(Cc1ccc(OCc2cccc(F)c2)cc1)C(N)=O. The summed E-state index contributed by atoms with van der Waals surface area (Å²) < 4.78 is 18.7. The van der Waals surface area contributed by atoms with E-state index >= 15 is 0 Å². The number of carbonyl (C=O) groups is 1. The van der Waals surface area contributed by atoms with E-state index in [2.05, 4.69) is 0 Å². The van der Waals surface area contributed by atoms with Crippen LogP contribution in [0.5, 0.6) is 5.75 Å². The first-order valence-electron chi connectivity index (χ1n) is 6.92. The second-order valence-corrected chi connectivity index (χ2v) is 5.52. The molecule has 4 N–H and O–H groups in total. The van der Waals surface area contributed by atoms with Crippen molar-refractivity contribution in [3.05, 3.63) is 65.5 Å². The number of nitrogens with two attached hydrogens (primary N) is 2. The Labute approximate surface area is 128 Å². The summed E-state index contributed by atoms with van der Waals surface area (Å²) >= 11 is 0. The molecule has 2 aromatic carbocycles. The summed E-state index contributed by atoms with van der Waals surface area (Å²) in [4.78, 5) is 11.2. The molecule has 0 aliphatic heterocycles. The summed E-state index contributed by atoms with van der Waals surface area (Å²) in [5.74, 6) is -0.171. The molecule has 2 rings (SSSR count). The lowest BCUT2D eigenvalue weighted by molar-refractivity contribution is -0.122. The molecule has 2 aromatic rings. The van der Waals surface area contributed by atoms with Gasteiger partial charge >= 0.3 is 0 Å². The van der Waals surface area contributed by atoms with Gasteiger partial charge < -0.3 is 16.2 Å². The normalized spacial score (nSPS) is 13.4. The van der Waals surface area contributed by atoms with Gasteiger partial charge in [-0.2, -0.15) is 0 Å². The summed E-state index contributed by atoms with van der Waals surface area (Å²) in [5, 5.41) is 0. The number of benzene rings is 2. The average molecular weight is 302 g/mol. The average Bonchev–Trinajstić information content (AvgIpc) is 2.46. The lowest BCUT2D eigenvalue weighted by Gasteiger charge is -2.20. The van der Waals surface area contributed by atoms with Crippen molar-refractivity contribution in [2.75, 3.05) is 0 Å². The van der Waals surface area contributed by atoms with E-state index in [1.165, 1.54) is 12.1 Å². The predicted octanol–water partition coefficient (Wildman–Crippen LogP) is 2.15. The minimum atomic E-state index is -1.08. The van der Waals surface area contributed by atoms with E-state index in [0.29, 0.717) is 12.2 Å². The third-order valence-corrected chi connectivity index (χ3v) is 3.35. The molecule has 0 aliphatic carbocycles. The van der Waals surface area contributed by atoms with Crippen LogP contribution in [0.4, 0.5) is 4.39 Å². The fourth-order valence-electron chi connectivity index (χ4n) is 2.01. The van der Waals surface area contributed by atoms with Crippen LogP contribution in [-0.2, 0) is 17.8 Å². The van der Waals surface area contributed by atoms with Crippen LogP contribution < -0.4 is 16.2 Å². The molecule has 0 spiro atoms. The topological polar surface area (TPSA) is 78.3 Å². The molecule has 5 heteroatoms. The number of rotatable bonds is 6. The molecule has 0 saturated carbocycles. The van der Waals surface area contributed by atoms with Gasteiger partial charge in [-0.1, -0.05) is 24.3 Å². The summed E-state index contributed by atoms with van der Waals surface area (Å²) in [6.07, 6.45) is 0.354. The van der Waals surface area contributed by atoms with Crippen LogP contribution in [0.3, 0.4) is 0 Å². The second kappa shape index (κ2) is 6.58. The highest BCUT2D eigenvalue weighted by atomic mass is 19.1. The molecule has 4 nitrogen and oxygen atoms in total. The Balaban J connectivity index is 1.96. The monoisotopic (exact) mass is 302 g/mol. The van der Waals surface area contributed by atoms with Gasteiger partial charge in [0, 0.05) is 0 Å². The lowest BCUT2D eigenvalue weighted by atomic mass is 9.93. The molecule has 116 valence electrons. The number of hydrogen-bond acceptors (Lipinski definition) is 3. The van der Waals surface area contributed by atoms with E-state index in [4.69, 9.17) is 16.2 Å². The third-order valence-electron chi connectivity index (χ3n) is 3.35. The van der Waals surface area contributed by atoms with Gasteiger partial charge in [-0.05, 0) is 48.7 Å². The summed E-state index contributed by atoms with van der Waals surface area (Å²) in [5.41, 5.74) is 11.7. The fraction of sp³-hybridized carbons (Fsp3) is 0.235. The van der Waals surface area contributed by atoms with E-state index < -0.39 is 11.4 Å². The van der Waals surface area contributed by atoms with E-state index in [1.807, 2.05) is 12.1 Å². The van der Waals surface area contributed by atoms with Crippen molar-refractivity contribution in [1.29, 1.82) is 0 Å². The Morgan fingerprint density at radius 1 is 1.18 bits per heavy atom. The molecule has 1 amide bonds. The molecule has 22 heavy (non-hydrogen) atoms. The van der Waals surface area contributed by atoms with Gasteiger partial charge in [0.1, 0.15) is 18.2 Å². The third kappa shape index (κ3) is 4.30. The van der Waals surface area contributed by atoms with Crippen LogP contribution in [0.15, 0.2) is 48.5 Å². The number of halogens is 1. The standard InChI is InChI=1S/C17H19FN2O2/c1-17(20,16(19)21)10-12-5-7-15(8-6-12)22-11-13-3-2-4-14(18)9-13/h2-9H,10-11,20H2,1H3,(H2,19,21). The Kier molecular flexibility index (Phi) is 4.78. The van der Waals surface area contributed by atoms with Crippen molar-refractivity contribution in [2.24, 2.45) is 11.5 Å². The van der Waals surface area contributed by atoms with Crippen LogP contribution in [0.2, 0.25) is 0 Å². The molecule has 0 heterocycles. The summed E-state index contributed by atoms with van der Waals surface area (Å²) in [6, 6.07) is 13.5. The minimum absolute atomic E-state index is 0.285. The summed E-state index contributed by atoms with van der Waals surface area (Å²) in [6.45, 7) is 1.89. The first-order chi connectivity index (χ1) is 10.4. The largest absolute Gasteiger partial charge is 0.489 e. The van der Waals surface area contributed by atoms with Crippen molar-refractivity contribution in [3.63, 3.8) is 0 Å². The molecule has 0 saturated heterocycles. The number of primary amides is 1. The van der Waals surface area contributed by atoms with Crippen molar-refractivity contribution >= 4 is 5.91 Å². The van der Waals surface area contributed by atoms with Gasteiger partial charge in [0.2, 0.25) is 5.91 Å². The van der Waals surface area contributed by atoms with Gasteiger partial charge in [-0.15, -0.1) is 0 Å².